The third kappa shape index (κ3) is 4.12. The molecular weight excluding hydrogens is 272 g/mol. The maximum Gasteiger partial charge on any atom is 0.166 e. The summed E-state index contributed by atoms with van der Waals surface area (Å²) in [6.45, 7) is 6.45. The van der Waals surface area contributed by atoms with Crippen LogP contribution in [0.3, 0.4) is 0 Å². The largest absolute Gasteiger partial charge is 0.166 e. The number of rotatable bonds is 5. The topological polar surface area (TPSA) is 0 Å². The van der Waals surface area contributed by atoms with Crippen LogP contribution in [0.15, 0.2) is 87.5 Å². The molecule has 1 atom stereocenters. The minimum Gasteiger partial charge on any atom is -0.0798 e. The van der Waals surface area contributed by atoms with Gasteiger partial charge in [0, 0.05) is 0 Å². The normalized spacial score (nSPS) is 13.6. The molecule has 108 valence electrons. The van der Waals surface area contributed by atoms with Gasteiger partial charge < -0.3 is 0 Å². The first-order valence-electron chi connectivity index (χ1n) is 7.45. The summed E-state index contributed by atoms with van der Waals surface area (Å²) in [4.78, 5) is 4.13. The van der Waals surface area contributed by atoms with Crippen LogP contribution in [0.1, 0.15) is 25.8 Å². The molecule has 21 heavy (non-hydrogen) atoms. The fourth-order valence-corrected chi connectivity index (χ4v) is 4.28. The molecule has 1 heteroatoms. The molecule has 0 aromatic heterocycles. The number of benzene rings is 2. The van der Waals surface area contributed by atoms with Gasteiger partial charge in [-0.3, -0.25) is 0 Å². The van der Waals surface area contributed by atoms with Crippen LogP contribution in [-0.2, 0) is 10.9 Å². The van der Waals surface area contributed by atoms with Crippen molar-refractivity contribution in [2.24, 2.45) is 0 Å². The molecule has 0 saturated heterocycles. The number of allylic oxidation sites excluding steroid dienone is 3. The first kappa shape index (κ1) is 15.7. The van der Waals surface area contributed by atoms with E-state index in [4.69, 9.17) is 0 Å². The highest BCUT2D eigenvalue weighted by Crippen LogP contribution is 2.31. The van der Waals surface area contributed by atoms with Gasteiger partial charge in [-0.1, -0.05) is 48.9 Å². The van der Waals surface area contributed by atoms with Crippen molar-refractivity contribution in [2.75, 3.05) is 0 Å². The first-order chi connectivity index (χ1) is 10.3. The molecule has 0 bridgehead atoms. The molecular formula is C20H23S+. The summed E-state index contributed by atoms with van der Waals surface area (Å²) in [6, 6.07) is 19.7. The quantitative estimate of drug-likeness (QED) is 0.476. The Morgan fingerprint density at radius 1 is 0.952 bits per heavy atom. The van der Waals surface area contributed by atoms with E-state index in [1.807, 2.05) is 0 Å². The molecule has 2 rings (SSSR count). The Morgan fingerprint density at radius 2 is 1.57 bits per heavy atom. The fraction of sp³-hybridized carbons (Fsp3) is 0.200. The van der Waals surface area contributed by atoms with Crippen molar-refractivity contribution in [3.05, 3.63) is 83.3 Å². The Labute approximate surface area is 131 Å². The highest BCUT2D eigenvalue weighted by molar-refractivity contribution is 8.00. The van der Waals surface area contributed by atoms with Crippen molar-refractivity contribution in [2.45, 2.75) is 37.0 Å². The Hall–Kier alpha value is -1.73. The van der Waals surface area contributed by atoms with Crippen LogP contribution in [0.5, 0.6) is 0 Å². The third-order valence-corrected chi connectivity index (χ3v) is 5.60. The second-order valence-electron chi connectivity index (χ2n) is 4.93. The van der Waals surface area contributed by atoms with Gasteiger partial charge in [0.05, 0.1) is 10.9 Å². The van der Waals surface area contributed by atoms with Crippen LogP contribution >= 0.6 is 0 Å². The van der Waals surface area contributed by atoms with Crippen molar-refractivity contribution >= 4 is 10.9 Å². The molecule has 0 amide bonds. The van der Waals surface area contributed by atoms with Crippen molar-refractivity contribution in [3.63, 3.8) is 0 Å². The van der Waals surface area contributed by atoms with Crippen LogP contribution in [-0.4, -0.2) is 0 Å². The van der Waals surface area contributed by atoms with E-state index in [1.54, 1.807) is 0 Å². The van der Waals surface area contributed by atoms with Crippen molar-refractivity contribution in [1.82, 2.24) is 0 Å². The average Bonchev–Trinajstić information content (AvgIpc) is 2.53. The summed E-state index contributed by atoms with van der Waals surface area (Å²) in [7, 11) is -0.0245. The lowest BCUT2D eigenvalue weighted by atomic mass is 10.2. The fourth-order valence-electron chi connectivity index (χ4n) is 2.16. The predicted octanol–water partition coefficient (Wildman–Crippen LogP) is 5.90. The molecule has 0 fully saturated rings. The maximum atomic E-state index is 2.27. The first-order valence-corrected chi connectivity index (χ1v) is 8.67. The van der Waals surface area contributed by atoms with Gasteiger partial charge in [0.15, 0.2) is 14.7 Å². The zero-order chi connectivity index (χ0) is 15.1. The standard InChI is InChI=1S/C20H23S/c1-4-6-10-18(5-2)21(19-11-8-7-9-12-19)20-15-13-17(3)14-16-20/h5-16H,4H2,1-3H3/q+1/b10-6-,18-5+. The van der Waals surface area contributed by atoms with Gasteiger partial charge in [-0.25, -0.2) is 0 Å². The van der Waals surface area contributed by atoms with Crippen LogP contribution in [0, 0.1) is 6.92 Å². The Balaban J connectivity index is 2.49. The molecule has 0 aliphatic rings. The van der Waals surface area contributed by atoms with E-state index in [1.165, 1.54) is 20.3 Å². The second kappa shape index (κ2) is 7.90. The van der Waals surface area contributed by atoms with Crippen molar-refractivity contribution < 1.29 is 0 Å². The van der Waals surface area contributed by atoms with Crippen LogP contribution in [0.4, 0.5) is 0 Å². The van der Waals surface area contributed by atoms with Gasteiger partial charge in [-0.15, -0.1) is 0 Å². The Kier molecular flexibility index (Phi) is 5.89. The molecule has 0 nitrogen and oxygen atoms in total. The van der Waals surface area contributed by atoms with Gasteiger partial charge in [0.25, 0.3) is 0 Å². The lowest BCUT2D eigenvalue weighted by Crippen LogP contribution is -2.05. The molecule has 2 aromatic carbocycles. The molecule has 0 saturated carbocycles. The van der Waals surface area contributed by atoms with Gasteiger partial charge in [0.2, 0.25) is 0 Å². The zero-order valence-corrected chi connectivity index (χ0v) is 13.9. The molecule has 0 aliphatic carbocycles. The second-order valence-corrected chi connectivity index (χ2v) is 6.96. The average molecular weight is 295 g/mol. The minimum absolute atomic E-state index is 0.0245. The SMILES string of the molecule is C/C=C(\C=C/CC)[S+](c1ccccc1)c1ccc(C)cc1. The smallest absolute Gasteiger partial charge is 0.0798 e. The van der Waals surface area contributed by atoms with Gasteiger partial charge in [0.1, 0.15) is 0 Å². The molecule has 0 radical (unpaired) electrons. The summed E-state index contributed by atoms with van der Waals surface area (Å²) in [5.74, 6) is 0. The molecule has 0 aliphatic heterocycles. The molecule has 0 N–H and O–H groups in total. The van der Waals surface area contributed by atoms with E-state index in [0.29, 0.717) is 0 Å². The minimum atomic E-state index is -0.0245. The predicted molar refractivity (Wildman–Crippen MR) is 94.7 cm³/mol. The number of hydrogen-bond acceptors (Lipinski definition) is 0. The third-order valence-electron chi connectivity index (χ3n) is 3.27. The van der Waals surface area contributed by atoms with Gasteiger partial charge >= 0.3 is 0 Å². The molecule has 0 spiro atoms. The van der Waals surface area contributed by atoms with Gasteiger partial charge in [-0.05, 0) is 56.7 Å². The van der Waals surface area contributed by atoms with Crippen molar-refractivity contribution in [3.8, 4) is 0 Å². The van der Waals surface area contributed by atoms with E-state index in [0.717, 1.165) is 6.42 Å². The van der Waals surface area contributed by atoms with Crippen molar-refractivity contribution in [1.29, 1.82) is 0 Å². The zero-order valence-electron chi connectivity index (χ0n) is 13.0. The maximum absolute atomic E-state index is 2.27. The molecule has 0 heterocycles. The summed E-state index contributed by atoms with van der Waals surface area (Å²) < 4.78 is 0. The molecule has 1 unspecified atom stereocenters. The monoisotopic (exact) mass is 295 g/mol. The number of hydrogen-bond donors (Lipinski definition) is 0. The van der Waals surface area contributed by atoms with E-state index in [2.05, 4.69) is 93.6 Å². The van der Waals surface area contributed by atoms with E-state index in [9.17, 15) is 0 Å². The molecule has 2 aromatic rings. The summed E-state index contributed by atoms with van der Waals surface area (Å²) in [5, 5.41) is 0. The van der Waals surface area contributed by atoms with E-state index >= 15 is 0 Å². The van der Waals surface area contributed by atoms with E-state index < -0.39 is 0 Å². The van der Waals surface area contributed by atoms with Gasteiger partial charge in [-0.2, -0.15) is 0 Å². The van der Waals surface area contributed by atoms with Crippen LogP contribution in [0.2, 0.25) is 0 Å². The number of aryl methyl sites for hydroxylation is 1. The highest BCUT2D eigenvalue weighted by Gasteiger charge is 2.28. The Morgan fingerprint density at radius 3 is 2.14 bits per heavy atom. The van der Waals surface area contributed by atoms with Crippen LogP contribution in [0.25, 0.3) is 0 Å². The summed E-state index contributed by atoms with van der Waals surface area (Å²) in [5.41, 5.74) is 1.31. The lowest BCUT2D eigenvalue weighted by Gasteiger charge is -2.08. The summed E-state index contributed by atoms with van der Waals surface area (Å²) >= 11 is 0. The van der Waals surface area contributed by atoms with Crippen LogP contribution < -0.4 is 0 Å². The Bertz CT molecular complexity index is 606. The summed E-state index contributed by atoms with van der Waals surface area (Å²) in [6.07, 6.45) is 7.82. The lowest BCUT2D eigenvalue weighted by molar-refractivity contribution is 1.22. The van der Waals surface area contributed by atoms with E-state index in [-0.39, 0.29) is 10.9 Å². The highest BCUT2D eigenvalue weighted by atomic mass is 32.2.